The number of nitrogens with zero attached hydrogens (tertiary/aromatic N) is 4. The van der Waals surface area contributed by atoms with E-state index in [0.29, 0.717) is 21.7 Å². The zero-order valence-electron chi connectivity index (χ0n) is 18.0. The number of benzene rings is 2. The maximum absolute atomic E-state index is 13.0. The van der Waals surface area contributed by atoms with Crippen molar-refractivity contribution in [2.45, 2.75) is 13.8 Å². The molecule has 0 saturated heterocycles. The van der Waals surface area contributed by atoms with Gasteiger partial charge in [-0.05, 0) is 56.3 Å². The summed E-state index contributed by atoms with van der Waals surface area (Å²) >= 11 is 5.94. The number of nitriles is 1. The smallest absolute Gasteiger partial charge is 0.349 e. The lowest BCUT2D eigenvalue weighted by Gasteiger charge is -2.21. The Bertz CT molecular complexity index is 1430. The largest absolute Gasteiger partial charge is 0.422 e. The molecule has 1 N–H and O–H groups in total. The number of halogens is 1. The van der Waals surface area contributed by atoms with Crippen LogP contribution in [0.5, 0.6) is 0 Å². The highest BCUT2D eigenvalue weighted by Gasteiger charge is 2.20. The maximum atomic E-state index is 13.0. The molecule has 166 valence electrons. The van der Waals surface area contributed by atoms with Gasteiger partial charge < -0.3 is 14.6 Å². The Morgan fingerprint density at radius 1 is 1.18 bits per heavy atom. The van der Waals surface area contributed by atoms with Crippen molar-refractivity contribution in [3.63, 3.8) is 0 Å². The van der Waals surface area contributed by atoms with Gasteiger partial charge in [-0.15, -0.1) is 0 Å². The Hall–Kier alpha value is -4.09. The first kappa shape index (κ1) is 22.1. The third-order valence-electron chi connectivity index (χ3n) is 5.29. The van der Waals surface area contributed by atoms with Gasteiger partial charge in [0.05, 0.1) is 11.9 Å². The molecule has 2 aromatic carbocycles. The standard InChI is InChI=1S/C24H20ClN5O3/c1-3-29(4-2)19-8-5-15-11-20(24(32)33-21(15)12-19)23(31)28-22-16(13-26)14-27-30(22)18-9-6-17(25)7-10-18/h5-12,14H,3-4H2,1-2H3,(H,28,31). The molecule has 0 saturated carbocycles. The van der Waals surface area contributed by atoms with Crippen LogP contribution in [-0.2, 0) is 0 Å². The molecule has 9 heteroatoms. The predicted molar refractivity (Wildman–Crippen MR) is 127 cm³/mol. The number of nitrogens with one attached hydrogen (secondary N) is 1. The van der Waals surface area contributed by atoms with Crippen LogP contribution < -0.4 is 15.8 Å². The fraction of sp³-hybridized carbons (Fsp3) is 0.167. The zero-order chi connectivity index (χ0) is 23.5. The molecule has 1 amide bonds. The number of aromatic nitrogens is 2. The molecule has 0 aliphatic rings. The number of anilines is 2. The molecule has 2 aromatic heterocycles. The highest BCUT2D eigenvalue weighted by atomic mass is 35.5. The third kappa shape index (κ3) is 4.31. The number of rotatable bonds is 6. The fourth-order valence-electron chi connectivity index (χ4n) is 3.55. The van der Waals surface area contributed by atoms with Crippen molar-refractivity contribution >= 4 is 40.0 Å². The average molecular weight is 462 g/mol. The summed E-state index contributed by atoms with van der Waals surface area (Å²) < 4.78 is 6.85. The number of hydrogen-bond acceptors (Lipinski definition) is 6. The molecule has 0 spiro atoms. The van der Waals surface area contributed by atoms with Crippen molar-refractivity contribution in [1.29, 1.82) is 5.26 Å². The van der Waals surface area contributed by atoms with Gasteiger partial charge in [0.2, 0.25) is 0 Å². The topological polar surface area (TPSA) is 104 Å². The van der Waals surface area contributed by atoms with Crippen LogP contribution in [-0.4, -0.2) is 28.8 Å². The minimum atomic E-state index is -0.771. The Morgan fingerprint density at radius 2 is 1.91 bits per heavy atom. The Balaban J connectivity index is 1.70. The molecule has 4 aromatic rings. The highest BCUT2D eigenvalue weighted by molar-refractivity contribution is 6.30. The quantitative estimate of drug-likeness (QED) is 0.421. The molecule has 0 aliphatic heterocycles. The van der Waals surface area contributed by atoms with E-state index < -0.39 is 11.5 Å². The van der Waals surface area contributed by atoms with Crippen LogP contribution in [0.25, 0.3) is 16.7 Å². The Kier molecular flexibility index (Phi) is 6.16. The molecule has 0 fully saturated rings. The summed E-state index contributed by atoms with van der Waals surface area (Å²) in [7, 11) is 0. The minimum Gasteiger partial charge on any atom is -0.422 e. The first-order valence-electron chi connectivity index (χ1n) is 10.3. The van der Waals surface area contributed by atoms with Crippen LogP contribution in [0.15, 0.2) is 63.9 Å². The summed E-state index contributed by atoms with van der Waals surface area (Å²) in [4.78, 5) is 27.8. The lowest BCUT2D eigenvalue weighted by atomic mass is 10.1. The van der Waals surface area contributed by atoms with E-state index in [1.54, 1.807) is 36.4 Å². The monoisotopic (exact) mass is 461 g/mol. The second-order valence-corrected chi connectivity index (χ2v) is 7.64. The van der Waals surface area contributed by atoms with Crippen LogP contribution in [0, 0.1) is 11.3 Å². The molecule has 0 atom stereocenters. The first-order valence-corrected chi connectivity index (χ1v) is 10.7. The van der Waals surface area contributed by atoms with Crippen molar-refractivity contribution in [2.24, 2.45) is 0 Å². The van der Waals surface area contributed by atoms with Crippen molar-refractivity contribution < 1.29 is 9.21 Å². The first-order chi connectivity index (χ1) is 15.9. The summed E-state index contributed by atoms with van der Waals surface area (Å²) in [6, 6.07) is 15.7. The van der Waals surface area contributed by atoms with Gasteiger partial charge in [0.15, 0.2) is 5.82 Å². The van der Waals surface area contributed by atoms with Crippen LogP contribution in [0.4, 0.5) is 11.5 Å². The van der Waals surface area contributed by atoms with Gasteiger partial charge in [-0.2, -0.15) is 10.4 Å². The third-order valence-corrected chi connectivity index (χ3v) is 5.54. The number of fused-ring (bicyclic) bond motifs is 1. The van der Waals surface area contributed by atoms with Gasteiger partial charge in [-0.3, -0.25) is 4.79 Å². The van der Waals surface area contributed by atoms with Gasteiger partial charge in [-0.25, -0.2) is 9.48 Å². The number of amides is 1. The van der Waals surface area contributed by atoms with Crippen LogP contribution >= 0.6 is 11.6 Å². The summed E-state index contributed by atoms with van der Waals surface area (Å²) in [5.41, 5.74) is 1.11. The van der Waals surface area contributed by atoms with Crippen molar-refractivity contribution in [3.8, 4) is 11.8 Å². The van der Waals surface area contributed by atoms with Crippen molar-refractivity contribution in [1.82, 2.24) is 9.78 Å². The molecule has 2 heterocycles. The average Bonchev–Trinajstić information content (AvgIpc) is 3.22. The fourth-order valence-corrected chi connectivity index (χ4v) is 3.67. The van der Waals surface area contributed by atoms with E-state index in [-0.39, 0.29) is 16.9 Å². The van der Waals surface area contributed by atoms with Crippen molar-refractivity contribution in [2.75, 3.05) is 23.3 Å². The molecule has 0 aliphatic carbocycles. The van der Waals surface area contributed by atoms with Gasteiger partial charge in [0.1, 0.15) is 22.8 Å². The molecule has 33 heavy (non-hydrogen) atoms. The van der Waals surface area contributed by atoms with E-state index in [1.807, 2.05) is 26.0 Å². The summed E-state index contributed by atoms with van der Waals surface area (Å²) in [5, 5.41) is 17.4. The van der Waals surface area contributed by atoms with Gasteiger partial charge in [0.25, 0.3) is 5.91 Å². The Labute approximate surface area is 194 Å². The van der Waals surface area contributed by atoms with Crippen LogP contribution in [0.2, 0.25) is 5.02 Å². The van der Waals surface area contributed by atoms with E-state index in [4.69, 9.17) is 16.0 Å². The van der Waals surface area contributed by atoms with Crippen molar-refractivity contribution in [3.05, 3.63) is 81.3 Å². The number of carbonyl (C=O) groups is 1. The van der Waals surface area contributed by atoms with E-state index in [9.17, 15) is 14.9 Å². The molecule has 0 unspecified atom stereocenters. The normalized spacial score (nSPS) is 10.7. The van der Waals surface area contributed by atoms with E-state index in [0.717, 1.165) is 18.8 Å². The second-order valence-electron chi connectivity index (χ2n) is 7.20. The molecule has 0 radical (unpaired) electrons. The van der Waals surface area contributed by atoms with Gasteiger partial charge >= 0.3 is 5.63 Å². The molecule has 8 nitrogen and oxygen atoms in total. The molecular weight excluding hydrogens is 442 g/mol. The van der Waals surface area contributed by atoms with Gasteiger partial charge in [-0.1, -0.05) is 11.6 Å². The lowest BCUT2D eigenvalue weighted by Crippen LogP contribution is -2.23. The number of hydrogen-bond donors (Lipinski definition) is 1. The zero-order valence-corrected chi connectivity index (χ0v) is 18.8. The van der Waals surface area contributed by atoms with E-state index in [1.165, 1.54) is 16.9 Å². The minimum absolute atomic E-state index is 0.140. The lowest BCUT2D eigenvalue weighted by molar-refractivity contribution is 0.102. The summed E-state index contributed by atoms with van der Waals surface area (Å²) in [5.74, 6) is -0.563. The van der Waals surface area contributed by atoms with Gasteiger partial charge in [0, 0.05) is 35.3 Å². The SMILES string of the molecule is CCN(CC)c1ccc2cc(C(=O)Nc3c(C#N)cnn3-c3ccc(Cl)cc3)c(=O)oc2c1. The number of carbonyl (C=O) groups excluding carboxylic acids is 1. The Morgan fingerprint density at radius 3 is 2.58 bits per heavy atom. The summed E-state index contributed by atoms with van der Waals surface area (Å²) in [6.45, 7) is 5.72. The molecule has 0 bridgehead atoms. The molecular formula is C24H20ClN5O3. The summed E-state index contributed by atoms with van der Waals surface area (Å²) in [6.07, 6.45) is 1.34. The van der Waals surface area contributed by atoms with Crippen LogP contribution in [0.1, 0.15) is 29.8 Å². The highest BCUT2D eigenvalue weighted by Crippen LogP contribution is 2.24. The second kappa shape index (κ2) is 9.18. The van der Waals surface area contributed by atoms with E-state index in [2.05, 4.69) is 15.3 Å². The van der Waals surface area contributed by atoms with Crippen LogP contribution in [0.3, 0.4) is 0 Å². The maximum Gasteiger partial charge on any atom is 0.349 e. The molecule has 4 rings (SSSR count). The van der Waals surface area contributed by atoms with E-state index >= 15 is 0 Å². The predicted octanol–water partition coefficient (Wildman–Crippen LogP) is 4.60.